The molecule has 0 fully saturated rings. The molecule has 1 atom stereocenters. The number of carbonyl (C=O) groups excluding carboxylic acids is 2. The van der Waals surface area contributed by atoms with Crippen molar-refractivity contribution in [2.45, 2.75) is 20.0 Å². The summed E-state index contributed by atoms with van der Waals surface area (Å²) in [6.45, 7) is 3.05. The maximum atomic E-state index is 12.7. The highest BCUT2D eigenvalue weighted by atomic mass is 16.5. The summed E-state index contributed by atoms with van der Waals surface area (Å²) in [7, 11) is 0. The molecule has 1 aromatic heterocycles. The summed E-state index contributed by atoms with van der Waals surface area (Å²) in [5.41, 5.74) is 6.23. The second-order valence-corrected chi connectivity index (χ2v) is 5.88. The summed E-state index contributed by atoms with van der Waals surface area (Å²) >= 11 is 0. The summed E-state index contributed by atoms with van der Waals surface area (Å²) in [5.74, 6) is -1.17. The van der Waals surface area contributed by atoms with Gasteiger partial charge in [-0.3, -0.25) is 9.59 Å². The van der Waals surface area contributed by atoms with Crippen LogP contribution >= 0.6 is 0 Å². The van der Waals surface area contributed by atoms with Crippen LogP contribution in [-0.2, 0) is 9.53 Å². The quantitative estimate of drug-likeness (QED) is 0.729. The molecule has 0 aliphatic rings. The number of esters is 1. The van der Waals surface area contributed by atoms with E-state index in [-0.39, 0.29) is 22.0 Å². The fourth-order valence-electron chi connectivity index (χ4n) is 2.62. The lowest BCUT2D eigenvalue weighted by molar-refractivity contribution is -0.125. The largest absolute Gasteiger partial charge is 0.455 e. The van der Waals surface area contributed by atoms with Crippen LogP contribution in [0.2, 0.25) is 0 Å². The van der Waals surface area contributed by atoms with E-state index in [4.69, 9.17) is 14.9 Å². The normalized spacial score (nSPS) is 11.9. The van der Waals surface area contributed by atoms with Crippen molar-refractivity contribution in [1.82, 2.24) is 0 Å². The van der Waals surface area contributed by atoms with Crippen LogP contribution in [0.3, 0.4) is 0 Å². The van der Waals surface area contributed by atoms with Crippen LogP contribution in [0.1, 0.15) is 22.8 Å². The average molecular weight is 351 g/mol. The second-order valence-electron chi connectivity index (χ2n) is 5.88. The lowest BCUT2D eigenvalue weighted by Crippen LogP contribution is -2.30. The molecule has 0 unspecified atom stereocenters. The number of benzene rings is 2. The van der Waals surface area contributed by atoms with Gasteiger partial charge in [0.1, 0.15) is 11.3 Å². The first kappa shape index (κ1) is 17.4. The Balaban J connectivity index is 2.20. The molecule has 2 N–H and O–H groups in total. The van der Waals surface area contributed by atoms with Gasteiger partial charge in [0.2, 0.25) is 0 Å². The first-order valence-electron chi connectivity index (χ1n) is 8.02. The van der Waals surface area contributed by atoms with Crippen molar-refractivity contribution >= 4 is 22.8 Å². The Morgan fingerprint density at radius 3 is 2.42 bits per heavy atom. The third kappa shape index (κ3) is 3.09. The van der Waals surface area contributed by atoms with Gasteiger partial charge < -0.3 is 14.9 Å². The fraction of sp³-hybridized carbons (Fsp3) is 0.150. The standard InChI is InChI=1S/C20H17NO5/c1-11-16(22)14-9-6-10-15(20(24)25-12(2)19(21)23)18(14)26-17(11)13-7-4-3-5-8-13/h3-10,12H,1-2H3,(H2,21,23)/t12-/m1/s1. The molecule has 6 heteroatoms. The monoisotopic (exact) mass is 351 g/mol. The van der Waals surface area contributed by atoms with E-state index in [0.717, 1.165) is 5.56 Å². The third-order valence-corrected chi connectivity index (χ3v) is 4.09. The fourth-order valence-corrected chi connectivity index (χ4v) is 2.62. The number of carbonyl (C=O) groups is 2. The molecule has 0 aliphatic carbocycles. The van der Waals surface area contributed by atoms with Gasteiger partial charge in [0.25, 0.3) is 5.91 Å². The Morgan fingerprint density at radius 1 is 1.08 bits per heavy atom. The molecule has 26 heavy (non-hydrogen) atoms. The molecule has 132 valence electrons. The summed E-state index contributed by atoms with van der Waals surface area (Å²) in [6, 6.07) is 13.8. The summed E-state index contributed by atoms with van der Waals surface area (Å²) in [4.78, 5) is 36.3. The second kappa shape index (κ2) is 6.84. The van der Waals surface area contributed by atoms with Gasteiger partial charge in [0.15, 0.2) is 17.1 Å². The van der Waals surface area contributed by atoms with Gasteiger partial charge >= 0.3 is 5.97 Å². The molecule has 0 saturated carbocycles. The predicted octanol–water partition coefficient (Wildman–Crippen LogP) is 2.80. The summed E-state index contributed by atoms with van der Waals surface area (Å²) in [6.07, 6.45) is -1.09. The SMILES string of the molecule is Cc1c(-c2ccccc2)oc2c(C(=O)O[C@H](C)C(N)=O)cccc2c1=O. The summed E-state index contributed by atoms with van der Waals surface area (Å²) < 4.78 is 11.0. The van der Waals surface area contributed by atoms with Crippen molar-refractivity contribution in [3.63, 3.8) is 0 Å². The van der Waals surface area contributed by atoms with Crippen molar-refractivity contribution in [2.24, 2.45) is 5.73 Å². The van der Waals surface area contributed by atoms with Crippen LogP contribution in [0, 0.1) is 6.92 Å². The van der Waals surface area contributed by atoms with E-state index in [9.17, 15) is 14.4 Å². The van der Waals surface area contributed by atoms with Gasteiger partial charge in [-0.1, -0.05) is 36.4 Å². The van der Waals surface area contributed by atoms with E-state index in [0.29, 0.717) is 11.3 Å². The smallest absolute Gasteiger partial charge is 0.342 e. The maximum Gasteiger partial charge on any atom is 0.342 e. The molecule has 0 saturated heterocycles. The van der Waals surface area contributed by atoms with Gasteiger partial charge in [-0.15, -0.1) is 0 Å². The molecule has 1 heterocycles. The van der Waals surface area contributed by atoms with Crippen LogP contribution < -0.4 is 11.2 Å². The van der Waals surface area contributed by atoms with E-state index in [2.05, 4.69) is 0 Å². The van der Waals surface area contributed by atoms with E-state index in [1.807, 2.05) is 30.3 Å². The molecule has 1 amide bonds. The Hall–Kier alpha value is -3.41. The number of fused-ring (bicyclic) bond motifs is 1. The minimum absolute atomic E-state index is 0.0601. The average Bonchev–Trinajstić information content (AvgIpc) is 2.64. The van der Waals surface area contributed by atoms with Crippen LogP contribution in [0.5, 0.6) is 0 Å². The topological polar surface area (TPSA) is 99.6 Å². The molecule has 3 rings (SSSR count). The van der Waals surface area contributed by atoms with Gasteiger partial charge in [0, 0.05) is 11.1 Å². The highest BCUT2D eigenvalue weighted by Gasteiger charge is 2.22. The van der Waals surface area contributed by atoms with E-state index >= 15 is 0 Å². The number of amides is 1. The zero-order valence-corrected chi connectivity index (χ0v) is 14.3. The van der Waals surface area contributed by atoms with Gasteiger partial charge in [-0.25, -0.2) is 4.79 Å². The number of hydrogen-bond donors (Lipinski definition) is 1. The Morgan fingerprint density at radius 2 is 1.77 bits per heavy atom. The van der Waals surface area contributed by atoms with Crippen molar-refractivity contribution in [2.75, 3.05) is 0 Å². The predicted molar refractivity (Wildman–Crippen MR) is 96.7 cm³/mol. The lowest BCUT2D eigenvalue weighted by Gasteiger charge is -2.12. The first-order chi connectivity index (χ1) is 12.4. The minimum Gasteiger partial charge on any atom is -0.455 e. The number of para-hydroxylation sites is 1. The number of primary amides is 1. The van der Waals surface area contributed by atoms with Crippen LogP contribution in [0.25, 0.3) is 22.3 Å². The molecule has 0 radical (unpaired) electrons. The lowest BCUT2D eigenvalue weighted by atomic mass is 10.0. The maximum absolute atomic E-state index is 12.7. The van der Waals surface area contributed by atoms with Gasteiger partial charge in [0.05, 0.1) is 5.39 Å². The van der Waals surface area contributed by atoms with E-state index < -0.39 is 18.0 Å². The van der Waals surface area contributed by atoms with E-state index in [1.165, 1.54) is 13.0 Å². The number of hydrogen-bond acceptors (Lipinski definition) is 5. The molecular weight excluding hydrogens is 334 g/mol. The Bertz CT molecular complexity index is 1050. The van der Waals surface area contributed by atoms with Gasteiger partial charge in [-0.05, 0) is 26.0 Å². The van der Waals surface area contributed by atoms with E-state index in [1.54, 1.807) is 19.1 Å². The summed E-state index contributed by atoms with van der Waals surface area (Å²) in [5, 5.41) is 0.267. The van der Waals surface area contributed by atoms with Crippen LogP contribution in [0.15, 0.2) is 57.7 Å². The zero-order valence-electron chi connectivity index (χ0n) is 14.3. The highest BCUT2D eigenvalue weighted by Crippen LogP contribution is 2.27. The molecule has 2 aromatic carbocycles. The number of nitrogens with two attached hydrogens (primary N) is 1. The first-order valence-corrected chi connectivity index (χ1v) is 8.02. The molecule has 0 bridgehead atoms. The Kier molecular flexibility index (Phi) is 4.58. The molecular formula is C20H17NO5. The number of rotatable bonds is 4. The van der Waals surface area contributed by atoms with Crippen molar-refractivity contribution in [1.29, 1.82) is 0 Å². The third-order valence-electron chi connectivity index (χ3n) is 4.09. The zero-order chi connectivity index (χ0) is 18.8. The van der Waals surface area contributed by atoms with Crippen molar-refractivity contribution in [3.8, 4) is 11.3 Å². The highest BCUT2D eigenvalue weighted by molar-refractivity contribution is 6.03. The van der Waals surface area contributed by atoms with Crippen molar-refractivity contribution in [3.05, 3.63) is 69.9 Å². The molecule has 0 aliphatic heterocycles. The van der Waals surface area contributed by atoms with Crippen LogP contribution in [0.4, 0.5) is 0 Å². The molecule has 3 aromatic rings. The minimum atomic E-state index is -1.09. The van der Waals surface area contributed by atoms with Crippen molar-refractivity contribution < 1.29 is 18.7 Å². The number of ether oxygens (including phenoxy) is 1. The Labute approximate surface area is 149 Å². The molecule has 0 spiro atoms. The van der Waals surface area contributed by atoms with Gasteiger partial charge in [-0.2, -0.15) is 0 Å². The van der Waals surface area contributed by atoms with Crippen LogP contribution in [-0.4, -0.2) is 18.0 Å². The molecule has 6 nitrogen and oxygen atoms in total.